The molecule has 0 spiro atoms. The van der Waals surface area contributed by atoms with Gasteiger partial charge in [-0.25, -0.2) is 4.79 Å². The van der Waals surface area contributed by atoms with Crippen molar-refractivity contribution in [3.8, 4) is 11.8 Å². The highest BCUT2D eigenvalue weighted by Gasteiger charge is 2.44. The molecular formula is C31H32N4O2S. The van der Waals surface area contributed by atoms with Crippen molar-refractivity contribution in [2.45, 2.75) is 48.8 Å². The first-order valence-electron chi connectivity index (χ1n) is 12.7. The lowest BCUT2D eigenvalue weighted by Gasteiger charge is -2.37. The number of benzene rings is 3. The predicted octanol–water partition coefficient (Wildman–Crippen LogP) is 7.40. The molecule has 3 aromatic carbocycles. The van der Waals surface area contributed by atoms with Crippen LogP contribution in [0.15, 0.2) is 96.1 Å². The first-order valence-corrected chi connectivity index (χ1v) is 13.5. The number of amides is 1. The van der Waals surface area contributed by atoms with Crippen molar-refractivity contribution in [1.29, 1.82) is 0 Å². The Morgan fingerprint density at radius 3 is 1.92 bits per heavy atom. The van der Waals surface area contributed by atoms with E-state index in [1.165, 1.54) is 16.7 Å². The van der Waals surface area contributed by atoms with Crippen molar-refractivity contribution in [3.63, 3.8) is 0 Å². The van der Waals surface area contributed by atoms with Crippen molar-refractivity contribution in [3.05, 3.63) is 118 Å². The number of rotatable bonds is 6. The fourth-order valence-corrected chi connectivity index (χ4v) is 6.58. The molecule has 38 heavy (non-hydrogen) atoms. The van der Waals surface area contributed by atoms with Gasteiger partial charge in [0.2, 0.25) is 0 Å². The zero-order valence-electron chi connectivity index (χ0n) is 21.9. The van der Waals surface area contributed by atoms with E-state index < -0.39 is 10.3 Å². The summed E-state index contributed by atoms with van der Waals surface area (Å²) in [6.45, 7) is 6.14. The molecule has 0 saturated carbocycles. The summed E-state index contributed by atoms with van der Waals surface area (Å²) in [5, 5.41) is 3.60. The average Bonchev–Trinajstić information content (AvgIpc) is 3.33. The van der Waals surface area contributed by atoms with Gasteiger partial charge in [-0.05, 0) is 49.4 Å². The summed E-state index contributed by atoms with van der Waals surface area (Å²) in [5.41, 5.74) is 11.5. The molecule has 1 heterocycles. The highest BCUT2D eigenvalue weighted by molar-refractivity contribution is 8.01. The Hall–Kier alpha value is -3.85. The molecule has 0 N–H and O–H groups in total. The summed E-state index contributed by atoms with van der Waals surface area (Å²) in [5.74, 6) is 6.09. The first-order chi connectivity index (χ1) is 18.3. The quantitative estimate of drug-likeness (QED) is 0.111. The van der Waals surface area contributed by atoms with Crippen LogP contribution in [-0.4, -0.2) is 41.0 Å². The number of carbonyl (C=O) groups is 1. The number of nitrogens with zero attached hydrogens (tertiary/aromatic N) is 4. The number of hydrogen-bond donors (Lipinski definition) is 0. The predicted molar refractivity (Wildman–Crippen MR) is 154 cm³/mol. The van der Waals surface area contributed by atoms with Gasteiger partial charge >= 0.3 is 6.09 Å². The summed E-state index contributed by atoms with van der Waals surface area (Å²) in [6.07, 6.45) is 0.287. The van der Waals surface area contributed by atoms with E-state index in [9.17, 15) is 4.79 Å². The molecule has 0 aliphatic carbocycles. The Bertz CT molecular complexity index is 1230. The molecule has 4 rings (SSSR count). The van der Waals surface area contributed by atoms with Crippen LogP contribution in [0.2, 0.25) is 0 Å². The molecule has 1 saturated heterocycles. The van der Waals surface area contributed by atoms with Gasteiger partial charge in [-0.1, -0.05) is 108 Å². The second-order valence-electron chi connectivity index (χ2n) is 10.1. The van der Waals surface area contributed by atoms with Crippen molar-refractivity contribution in [2.75, 3.05) is 13.1 Å². The third-order valence-corrected chi connectivity index (χ3v) is 7.99. The summed E-state index contributed by atoms with van der Waals surface area (Å²) >= 11 is 1.85. The number of hydrogen-bond acceptors (Lipinski definition) is 4. The molecular weight excluding hydrogens is 492 g/mol. The number of carbonyl (C=O) groups excluding carboxylic acids is 1. The number of ether oxygens (including phenoxy) is 1. The monoisotopic (exact) mass is 524 g/mol. The van der Waals surface area contributed by atoms with E-state index >= 15 is 0 Å². The molecule has 1 aliphatic rings. The minimum absolute atomic E-state index is 0.0644. The lowest BCUT2D eigenvalue weighted by atomic mass is 9.84. The summed E-state index contributed by atoms with van der Waals surface area (Å²) in [6, 6.07) is 31.2. The van der Waals surface area contributed by atoms with Gasteiger partial charge in [-0.15, -0.1) is 11.8 Å². The average molecular weight is 525 g/mol. The van der Waals surface area contributed by atoms with Crippen molar-refractivity contribution in [2.24, 2.45) is 5.11 Å². The van der Waals surface area contributed by atoms with E-state index in [0.717, 1.165) is 0 Å². The zero-order valence-corrected chi connectivity index (χ0v) is 22.8. The Morgan fingerprint density at radius 2 is 1.47 bits per heavy atom. The fourth-order valence-electron chi connectivity index (χ4n) is 4.75. The third-order valence-electron chi connectivity index (χ3n) is 6.26. The molecule has 0 unspecified atom stereocenters. The topological polar surface area (TPSA) is 78.3 Å². The maximum atomic E-state index is 13.2. The maximum Gasteiger partial charge on any atom is 0.411 e. The largest absolute Gasteiger partial charge is 0.444 e. The highest BCUT2D eigenvalue weighted by Crippen LogP contribution is 2.52. The normalized spacial score (nSPS) is 17.2. The van der Waals surface area contributed by atoms with E-state index in [1.807, 2.05) is 50.7 Å². The molecule has 3 aromatic rings. The second kappa shape index (κ2) is 12.1. The molecule has 194 valence electrons. The number of likely N-dealkylation sites (tertiary alicyclic amines) is 1. The standard InChI is InChI=1S/C31H32N4O2S/c1-30(2,3)37-29(36)35-23-28(22-27(35)20-13-21-33-34-32)38-31(24-14-7-4-8-15-24,25-16-9-5-10-17-25)26-18-11-6-12-19-26/h4-12,14-19,27-28H,21-23H2,1-3H3/t27-,28+/m1/s1. The first kappa shape index (κ1) is 27.2. The van der Waals surface area contributed by atoms with Gasteiger partial charge in [-0.3, -0.25) is 4.90 Å². The molecule has 1 fully saturated rings. The van der Waals surface area contributed by atoms with Crippen molar-refractivity contribution < 1.29 is 9.53 Å². The maximum absolute atomic E-state index is 13.2. The summed E-state index contributed by atoms with van der Waals surface area (Å²) in [4.78, 5) is 17.7. The third kappa shape index (κ3) is 6.34. The van der Waals surface area contributed by atoms with E-state index in [0.29, 0.717) is 13.0 Å². The lowest BCUT2D eigenvalue weighted by molar-refractivity contribution is 0.0261. The van der Waals surface area contributed by atoms with Crippen LogP contribution >= 0.6 is 11.8 Å². The second-order valence-corrected chi connectivity index (χ2v) is 11.6. The molecule has 1 aliphatic heterocycles. The van der Waals surface area contributed by atoms with Crippen LogP contribution in [0.1, 0.15) is 43.9 Å². The Labute approximate surface area is 229 Å². The SMILES string of the molecule is CC(C)(C)OC(=O)N1C[C@@H](SC(c2ccccc2)(c2ccccc2)c2ccccc2)C[C@H]1C#CCN=[N+]=[N-]. The van der Waals surface area contributed by atoms with E-state index in [-0.39, 0.29) is 23.9 Å². The van der Waals surface area contributed by atoms with Gasteiger partial charge in [0.1, 0.15) is 5.60 Å². The Morgan fingerprint density at radius 1 is 0.974 bits per heavy atom. The van der Waals surface area contributed by atoms with Gasteiger partial charge < -0.3 is 4.74 Å². The summed E-state index contributed by atoms with van der Waals surface area (Å²) in [7, 11) is 0. The molecule has 7 heteroatoms. The number of thioether (sulfide) groups is 1. The molecule has 2 atom stereocenters. The van der Waals surface area contributed by atoms with Crippen LogP contribution in [0.4, 0.5) is 4.79 Å². The van der Waals surface area contributed by atoms with Crippen molar-refractivity contribution >= 4 is 17.9 Å². The molecule has 0 aromatic heterocycles. The Balaban J connectivity index is 1.77. The minimum Gasteiger partial charge on any atom is -0.444 e. The number of azide groups is 1. The summed E-state index contributed by atoms with van der Waals surface area (Å²) < 4.78 is 5.24. The van der Waals surface area contributed by atoms with Gasteiger partial charge in [0.05, 0.1) is 17.3 Å². The molecule has 0 radical (unpaired) electrons. The molecule has 0 bridgehead atoms. The zero-order chi connectivity index (χ0) is 27.0. The van der Waals surface area contributed by atoms with Crippen LogP contribution in [0, 0.1) is 11.8 Å². The van der Waals surface area contributed by atoms with Gasteiger partial charge in [0.25, 0.3) is 0 Å². The van der Waals surface area contributed by atoms with Gasteiger partial charge in [0.15, 0.2) is 0 Å². The van der Waals surface area contributed by atoms with E-state index in [2.05, 4.69) is 94.7 Å². The van der Waals surface area contributed by atoms with Gasteiger partial charge in [-0.2, -0.15) is 0 Å². The van der Waals surface area contributed by atoms with Crippen LogP contribution in [0.5, 0.6) is 0 Å². The van der Waals surface area contributed by atoms with Crippen LogP contribution in [0.25, 0.3) is 10.4 Å². The van der Waals surface area contributed by atoms with E-state index in [1.54, 1.807) is 4.90 Å². The molecule has 1 amide bonds. The van der Waals surface area contributed by atoms with Crippen LogP contribution in [-0.2, 0) is 9.48 Å². The van der Waals surface area contributed by atoms with Gasteiger partial charge in [0, 0.05) is 16.7 Å². The van der Waals surface area contributed by atoms with E-state index in [4.69, 9.17) is 10.3 Å². The highest BCUT2D eigenvalue weighted by atomic mass is 32.2. The smallest absolute Gasteiger partial charge is 0.411 e. The van der Waals surface area contributed by atoms with Crippen LogP contribution in [0.3, 0.4) is 0 Å². The fraction of sp³-hybridized carbons (Fsp3) is 0.323. The minimum atomic E-state index is -0.618. The van der Waals surface area contributed by atoms with Crippen molar-refractivity contribution in [1.82, 2.24) is 4.90 Å². The Kier molecular flexibility index (Phi) is 8.68. The van der Waals surface area contributed by atoms with Crippen LogP contribution < -0.4 is 0 Å². The molecule has 6 nitrogen and oxygen atoms in total. The lowest BCUT2D eigenvalue weighted by Crippen LogP contribution is -2.39.